The third kappa shape index (κ3) is 5.02. The maximum atomic E-state index is 12.4. The number of rotatable bonds is 7. The molecule has 1 aliphatic rings. The predicted molar refractivity (Wildman–Crippen MR) is 111 cm³/mol. The van der Waals surface area contributed by atoms with Gasteiger partial charge in [-0.2, -0.15) is 0 Å². The summed E-state index contributed by atoms with van der Waals surface area (Å²) in [7, 11) is 0. The number of amides is 3. The molecule has 0 aliphatic carbocycles. The molecule has 0 saturated carbocycles. The van der Waals surface area contributed by atoms with Crippen LogP contribution in [0.15, 0.2) is 46.7 Å². The van der Waals surface area contributed by atoms with Gasteiger partial charge in [-0.05, 0) is 55.3 Å². The zero-order chi connectivity index (χ0) is 20.1. The van der Waals surface area contributed by atoms with E-state index >= 15 is 0 Å². The second-order valence-electron chi connectivity index (χ2n) is 6.21. The highest BCUT2D eigenvalue weighted by atomic mass is 32.2. The zero-order valence-electron chi connectivity index (χ0n) is 15.5. The van der Waals surface area contributed by atoms with Gasteiger partial charge < -0.3 is 10.1 Å². The number of aryl methyl sites for hydroxylation is 1. The molecule has 28 heavy (non-hydrogen) atoms. The van der Waals surface area contributed by atoms with E-state index in [1.54, 1.807) is 25.1 Å². The van der Waals surface area contributed by atoms with E-state index in [0.717, 1.165) is 27.1 Å². The number of thiophene rings is 1. The van der Waals surface area contributed by atoms with E-state index in [4.69, 9.17) is 4.74 Å². The molecule has 1 aromatic carbocycles. The van der Waals surface area contributed by atoms with E-state index in [1.807, 2.05) is 36.6 Å². The Hall–Kier alpha value is -2.58. The number of ether oxygens (including phenoxy) is 1. The van der Waals surface area contributed by atoms with Crippen LogP contribution in [0.5, 0.6) is 5.75 Å². The van der Waals surface area contributed by atoms with E-state index in [0.29, 0.717) is 10.7 Å². The first-order valence-electron chi connectivity index (χ1n) is 8.74. The molecule has 0 bridgehead atoms. The lowest BCUT2D eigenvalue weighted by atomic mass is 10.2. The van der Waals surface area contributed by atoms with Crippen molar-refractivity contribution in [3.05, 3.63) is 57.1 Å². The zero-order valence-corrected chi connectivity index (χ0v) is 17.1. The normalized spacial score (nSPS) is 16.5. The molecule has 1 aromatic heterocycles. The van der Waals surface area contributed by atoms with Crippen molar-refractivity contribution in [2.75, 3.05) is 13.1 Å². The van der Waals surface area contributed by atoms with Gasteiger partial charge in [0.05, 0.1) is 4.91 Å². The Labute approximate surface area is 171 Å². The summed E-state index contributed by atoms with van der Waals surface area (Å²) in [5.74, 6) is -0.0267. The Kier molecular flexibility index (Phi) is 6.53. The molecule has 8 heteroatoms. The maximum Gasteiger partial charge on any atom is 0.293 e. The van der Waals surface area contributed by atoms with Gasteiger partial charge in [0.15, 0.2) is 6.10 Å². The van der Waals surface area contributed by atoms with Crippen molar-refractivity contribution in [2.24, 2.45) is 0 Å². The molecule has 1 N–H and O–H groups in total. The van der Waals surface area contributed by atoms with Crippen LogP contribution in [0, 0.1) is 6.92 Å². The van der Waals surface area contributed by atoms with Gasteiger partial charge in [-0.15, -0.1) is 11.3 Å². The van der Waals surface area contributed by atoms with E-state index in [9.17, 15) is 14.4 Å². The average Bonchev–Trinajstić information content (AvgIpc) is 3.27. The van der Waals surface area contributed by atoms with Crippen LogP contribution in [0.3, 0.4) is 0 Å². The molecular formula is C20H20N2O4S2. The number of nitrogens with one attached hydrogen (secondary N) is 1. The van der Waals surface area contributed by atoms with Crippen molar-refractivity contribution in [1.29, 1.82) is 0 Å². The molecular weight excluding hydrogens is 396 g/mol. The number of imide groups is 1. The van der Waals surface area contributed by atoms with E-state index in [2.05, 4.69) is 5.32 Å². The van der Waals surface area contributed by atoms with Gasteiger partial charge in [0, 0.05) is 18.0 Å². The molecule has 146 valence electrons. The predicted octanol–water partition coefficient (Wildman–Crippen LogP) is 3.68. The first-order chi connectivity index (χ1) is 13.4. The molecule has 6 nitrogen and oxygen atoms in total. The monoisotopic (exact) mass is 416 g/mol. The highest BCUT2D eigenvalue weighted by Crippen LogP contribution is 2.32. The Bertz CT molecular complexity index is 891. The Morgan fingerprint density at radius 3 is 2.68 bits per heavy atom. The van der Waals surface area contributed by atoms with Crippen LogP contribution in [0.2, 0.25) is 0 Å². The van der Waals surface area contributed by atoms with Crippen molar-refractivity contribution in [2.45, 2.75) is 20.0 Å². The first kappa shape index (κ1) is 20.2. The van der Waals surface area contributed by atoms with Crippen molar-refractivity contribution in [1.82, 2.24) is 10.2 Å². The summed E-state index contributed by atoms with van der Waals surface area (Å²) >= 11 is 2.41. The molecule has 1 unspecified atom stereocenters. The molecule has 0 spiro atoms. The molecule has 2 aromatic rings. The summed E-state index contributed by atoms with van der Waals surface area (Å²) < 4.78 is 5.60. The Balaban J connectivity index is 1.48. The molecule has 2 heterocycles. The van der Waals surface area contributed by atoms with Crippen LogP contribution in [-0.4, -0.2) is 41.1 Å². The quantitative estimate of drug-likeness (QED) is 0.697. The highest BCUT2D eigenvalue weighted by Gasteiger charge is 2.34. The fraction of sp³-hybridized carbons (Fsp3) is 0.250. The fourth-order valence-corrected chi connectivity index (χ4v) is 4.09. The van der Waals surface area contributed by atoms with E-state index in [-0.39, 0.29) is 30.1 Å². The van der Waals surface area contributed by atoms with Gasteiger partial charge in [0.2, 0.25) is 0 Å². The second-order valence-corrected chi connectivity index (χ2v) is 8.19. The van der Waals surface area contributed by atoms with Gasteiger partial charge in [-0.3, -0.25) is 19.3 Å². The molecule has 1 saturated heterocycles. The minimum absolute atomic E-state index is 0.120. The SMILES string of the molecule is Cc1ccc(OC(C)C(=O)NCCN2C(=O)S/C(=C\c3cccs3)C2=O)cc1. The number of hydrogen-bond acceptors (Lipinski definition) is 6. The maximum absolute atomic E-state index is 12.4. The lowest BCUT2D eigenvalue weighted by Crippen LogP contribution is -2.41. The molecule has 3 rings (SSSR count). The van der Waals surface area contributed by atoms with Crippen molar-refractivity contribution in [3.8, 4) is 5.75 Å². The van der Waals surface area contributed by atoms with Gasteiger partial charge in [0.25, 0.3) is 17.1 Å². The number of benzene rings is 1. The van der Waals surface area contributed by atoms with Crippen LogP contribution in [0.1, 0.15) is 17.4 Å². The summed E-state index contributed by atoms with van der Waals surface area (Å²) in [5.41, 5.74) is 1.11. The topological polar surface area (TPSA) is 75.7 Å². The summed E-state index contributed by atoms with van der Waals surface area (Å²) in [6.45, 7) is 3.92. The van der Waals surface area contributed by atoms with E-state index < -0.39 is 6.10 Å². The van der Waals surface area contributed by atoms with Crippen molar-refractivity contribution < 1.29 is 19.1 Å². The van der Waals surface area contributed by atoms with Crippen molar-refractivity contribution in [3.63, 3.8) is 0 Å². The molecule has 1 atom stereocenters. The second kappa shape index (κ2) is 9.07. The van der Waals surface area contributed by atoms with Gasteiger partial charge >= 0.3 is 0 Å². The van der Waals surface area contributed by atoms with Crippen LogP contribution in [-0.2, 0) is 9.59 Å². The minimum atomic E-state index is -0.684. The number of nitrogens with zero attached hydrogens (tertiary/aromatic N) is 1. The third-order valence-corrected chi connectivity index (χ3v) is 5.75. The van der Waals surface area contributed by atoms with E-state index in [1.165, 1.54) is 11.3 Å². The van der Waals surface area contributed by atoms with Crippen molar-refractivity contribution >= 4 is 46.2 Å². The summed E-state index contributed by atoms with van der Waals surface area (Å²) in [6, 6.07) is 11.2. The lowest BCUT2D eigenvalue weighted by Gasteiger charge is -2.16. The van der Waals surface area contributed by atoms with Gasteiger partial charge in [0.1, 0.15) is 5.75 Å². The smallest absolute Gasteiger partial charge is 0.293 e. The fourth-order valence-electron chi connectivity index (χ4n) is 2.50. The molecule has 0 radical (unpaired) electrons. The number of carbonyl (C=O) groups is 3. The Morgan fingerprint density at radius 2 is 2.00 bits per heavy atom. The largest absolute Gasteiger partial charge is 0.481 e. The molecule has 3 amide bonds. The lowest BCUT2D eigenvalue weighted by molar-refractivity contribution is -0.128. The average molecular weight is 417 g/mol. The van der Waals surface area contributed by atoms with Crippen LogP contribution < -0.4 is 10.1 Å². The summed E-state index contributed by atoms with van der Waals surface area (Å²) in [6.07, 6.45) is 1.03. The highest BCUT2D eigenvalue weighted by molar-refractivity contribution is 8.18. The molecule has 1 fully saturated rings. The van der Waals surface area contributed by atoms with Crippen LogP contribution in [0.25, 0.3) is 6.08 Å². The molecule has 1 aliphatic heterocycles. The summed E-state index contributed by atoms with van der Waals surface area (Å²) in [4.78, 5) is 39.2. The number of thioether (sulfide) groups is 1. The Morgan fingerprint density at radius 1 is 1.25 bits per heavy atom. The van der Waals surface area contributed by atoms with Crippen LogP contribution in [0.4, 0.5) is 4.79 Å². The number of hydrogen-bond donors (Lipinski definition) is 1. The van der Waals surface area contributed by atoms with Gasteiger partial charge in [-0.25, -0.2) is 0 Å². The number of carbonyl (C=O) groups excluding carboxylic acids is 3. The summed E-state index contributed by atoms with van der Waals surface area (Å²) in [5, 5.41) is 4.29. The third-order valence-electron chi connectivity index (χ3n) is 4.03. The van der Waals surface area contributed by atoms with Crippen LogP contribution >= 0.6 is 23.1 Å². The first-order valence-corrected chi connectivity index (χ1v) is 10.4. The standard InChI is InChI=1S/C20H20N2O4S2/c1-13-5-7-15(8-6-13)26-14(2)18(23)21-9-10-22-19(24)17(28-20(22)25)12-16-4-3-11-27-16/h3-8,11-12,14H,9-10H2,1-2H3,(H,21,23)/b17-12-. The minimum Gasteiger partial charge on any atom is -0.481 e. The van der Waals surface area contributed by atoms with Gasteiger partial charge in [-0.1, -0.05) is 23.8 Å².